The summed E-state index contributed by atoms with van der Waals surface area (Å²) < 4.78 is 10.4. The number of ether oxygens (including phenoxy) is 2. The molecular weight excluding hydrogens is 232 g/mol. The Balaban J connectivity index is 2.21. The SMILES string of the molecule is COc1ccc(Nc2ncc(N)cn2)cc1OC. The molecule has 0 unspecified atom stereocenters. The summed E-state index contributed by atoms with van der Waals surface area (Å²) in [5.41, 5.74) is 6.84. The van der Waals surface area contributed by atoms with Crippen molar-refractivity contribution >= 4 is 17.3 Å². The predicted octanol–water partition coefficient (Wildman–Crippen LogP) is 1.82. The number of hydrogen-bond donors (Lipinski definition) is 2. The lowest BCUT2D eigenvalue weighted by Gasteiger charge is -2.10. The summed E-state index contributed by atoms with van der Waals surface area (Å²) in [6, 6.07) is 5.46. The summed E-state index contributed by atoms with van der Waals surface area (Å²) in [5.74, 6) is 1.77. The van der Waals surface area contributed by atoms with Gasteiger partial charge in [-0.3, -0.25) is 0 Å². The van der Waals surface area contributed by atoms with Gasteiger partial charge in [0.1, 0.15) is 0 Å². The van der Waals surface area contributed by atoms with E-state index in [1.807, 2.05) is 6.07 Å². The van der Waals surface area contributed by atoms with Gasteiger partial charge in [0.2, 0.25) is 5.95 Å². The quantitative estimate of drug-likeness (QED) is 0.856. The standard InChI is InChI=1S/C12H14N4O2/c1-17-10-4-3-9(5-11(10)18-2)16-12-14-6-8(13)7-15-12/h3-7H,13H2,1-2H3,(H,14,15,16). The second-order valence-electron chi connectivity index (χ2n) is 3.53. The van der Waals surface area contributed by atoms with Crippen LogP contribution in [0.2, 0.25) is 0 Å². The Morgan fingerprint density at radius 1 is 1.06 bits per heavy atom. The lowest BCUT2D eigenvalue weighted by atomic mass is 10.3. The molecule has 6 heteroatoms. The summed E-state index contributed by atoms with van der Waals surface area (Å²) in [4.78, 5) is 8.10. The van der Waals surface area contributed by atoms with Crippen LogP contribution in [0, 0.1) is 0 Å². The van der Waals surface area contributed by atoms with Gasteiger partial charge in [-0.15, -0.1) is 0 Å². The Morgan fingerprint density at radius 2 is 1.72 bits per heavy atom. The molecule has 18 heavy (non-hydrogen) atoms. The minimum atomic E-state index is 0.469. The molecule has 0 aliphatic heterocycles. The predicted molar refractivity (Wildman–Crippen MR) is 69.3 cm³/mol. The Morgan fingerprint density at radius 3 is 2.33 bits per heavy atom. The van der Waals surface area contributed by atoms with Gasteiger partial charge in [0.25, 0.3) is 0 Å². The van der Waals surface area contributed by atoms with E-state index in [0.29, 0.717) is 23.1 Å². The van der Waals surface area contributed by atoms with Gasteiger partial charge in [0.15, 0.2) is 11.5 Å². The maximum Gasteiger partial charge on any atom is 0.227 e. The smallest absolute Gasteiger partial charge is 0.227 e. The zero-order chi connectivity index (χ0) is 13.0. The van der Waals surface area contributed by atoms with E-state index in [1.54, 1.807) is 26.4 Å². The highest BCUT2D eigenvalue weighted by atomic mass is 16.5. The molecule has 6 nitrogen and oxygen atoms in total. The number of hydrogen-bond acceptors (Lipinski definition) is 6. The van der Waals surface area contributed by atoms with Crippen molar-refractivity contribution in [3.05, 3.63) is 30.6 Å². The highest BCUT2D eigenvalue weighted by Gasteiger charge is 2.05. The average Bonchev–Trinajstić information content (AvgIpc) is 2.41. The number of nitrogens with zero attached hydrogens (tertiary/aromatic N) is 2. The second kappa shape index (κ2) is 5.22. The van der Waals surface area contributed by atoms with Gasteiger partial charge in [-0.25, -0.2) is 9.97 Å². The maximum atomic E-state index is 5.51. The van der Waals surface area contributed by atoms with Crippen molar-refractivity contribution in [1.82, 2.24) is 9.97 Å². The zero-order valence-corrected chi connectivity index (χ0v) is 10.2. The van der Waals surface area contributed by atoms with Crippen LogP contribution in [0.3, 0.4) is 0 Å². The topological polar surface area (TPSA) is 82.3 Å². The Hall–Kier alpha value is -2.50. The molecule has 2 aromatic rings. The van der Waals surface area contributed by atoms with Crippen LogP contribution < -0.4 is 20.5 Å². The molecule has 3 N–H and O–H groups in total. The first-order valence-electron chi connectivity index (χ1n) is 5.29. The van der Waals surface area contributed by atoms with Crippen LogP contribution in [-0.4, -0.2) is 24.2 Å². The molecular formula is C12H14N4O2. The fourth-order valence-corrected chi connectivity index (χ4v) is 1.45. The highest BCUT2D eigenvalue weighted by Crippen LogP contribution is 2.30. The van der Waals surface area contributed by atoms with Crippen LogP contribution in [0.25, 0.3) is 0 Å². The molecule has 0 amide bonds. The van der Waals surface area contributed by atoms with Crippen molar-refractivity contribution in [3.8, 4) is 11.5 Å². The first-order valence-corrected chi connectivity index (χ1v) is 5.29. The van der Waals surface area contributed by atoms with Crippen LogP contribution in [0.15, 0.2) is 30.6 Å². The second-order valence-corrected chi connectivity index (χ2v) is 3.53. The van der Waals surface area contributed by atoms with E-state index in [1.165, 1.54) is 12.4 Å². The normalized spacial score (nSPS) is 9.89. The lowest BCUT2D eigenvalue weighted by molar-refractivity contribution is 0.355. The third-order valence-corrected chi connectivity index (χ3v) is 2.31. The van der Waals surface area contributed by atoms with E-state index < -0.39 is 0 Å². The van der Waals surface area contributed by atoms with Crippen LogP contribution in [0.4, 0.5) is 17.3 Å². The maximum absolute atomic E-state index is 5.51. The van der Waals surface area contributed by atoms with Crippen LogP contribution >= 0.6 is 0 Å². The third-order valence-electron chi connectivity index (χ3n) is 2.31. The number of nitrogen functional groups attached to an aromatic ring is 1. The van der Waals surface area contributed by atoms with Crippen molar-refractivity contribution in [2.45, 2.75) is 0 Å². The summed E-state index contributed by atoms with van der Waals surface area (Å²) >= 11 is 0. The molecule has 1 heterocycles. The van der Waals surface area contributed by atoms with Crippen molar-refractivity contribution in [2.24, 2.45) is 0 Å². The third kappa shape index (κ3) is 2.60. The van der Waals surface area contributed by atoms with Gasteiger partial charge in [-0.05, 0) is 12.1 Å². The summed E-state index contributed by atoms with van der Waals surface area (Å²) in [5, 5.41) is 3.04. The van der Waals surface area contributed by atoms with Crippen molar-refractivity contribution in [2.75, 3.05) is 25.3 Å². The molecule has 1 aromatic carbocycles. The molecule has 0 fully saturated rings. The van der Waals surface area contributed by atoms with E-state index in [0.717, 1.165) is 5.69 Å². The van der Waals surface area contributed by atoms with E-state index >= 15 is 0 Å². The fourth-order valence-electron chi connectivity index (χ4n) is 1.45. The van der Waals surface area contributed by atoms with E-state index in [2.05, 4.69) is 15.3 Å². The van der Waals surface area contributed by atoms with E-state index in [-0.39, 0.29) is 0 Å². The monoisotopic (exact) mass is 246 g/mol. The molecule has 0 saturated carbocycles. The van der Waals surface area contributed by atoms with Gasteiger partial charge in [-0.2, -0.15) is 0 Å². The Bertz CT molecular complexity index is 528. The molecule has 0 aliphatic carbocycles. The fraction of sp³-hybridized carbons (Fsp3) is 0.167. The summed E-state index contributed by atoms with van der Waals surface area (Å²) in [6.07, 6.45) is 3.08. The molecule has 94 valence electrons. The number of benzene rings is 1. The first-order chi connectivity index (χ1) is 8.72. The minimum Gasteiger partial charge on any atom is -0.493 e. The van der Waals surface area contributed by atoms with Crippen LogP contribution in [-0.2, 0) is 0 Å². The average molecular weight is 246 g/mol. The lowest BCUT2D eigenvalue weighted by Crippen LogP contribution is -1.99. The number of aromatic nitrogens is 2. The van der Waals surface area contributed by atoms with E-state index in [9.17, 15) is 0 Å². The van der Waals surface area contributed by atoms with Gasteiger partial charge in [-0.1, -0.05) is 0 Å². The molecule has 2 rings (SSSR count). The highest BCUT2D eigenvalue weighted by molar-refractivity contribution is 5.59. The minimum absolute atomic E-state index is 0.469. The van der Waals surface area contributed by atoms with Crippen molar-refractivity contribution in [1.29, 1.82) is 0 Å². The van der Waals surface area contributed by atoms with Crippen molar-refractivity contribution in [3.63, 3.8) is 0 Å². The van der Waals surface area contributed by atoms with E-state index in [4.69, 9.17) is 15.2 Å². The summed E-state index contributed by atoms with van der Waals surface area (Å²) in [6.45, 7) is 0. The summed E-state index contributed by atoms with van der Waals surface area (Å²) in [7, 11) is 3.18. The molecule has 1 aromatic heterocycles. The van der Waals surface area contributed by atoms with Gasteiger partial charge in [0.05, 0.1) is 32.3 Å². The molecule has 0 saturated heterocycles. The Labute approximate surface area is 105 Å². The number of methoxy groups -OCH3 is 2. The molecule has 0 atom stereocenters. The zero-order valence-electron chi connectivity index (χ0n) is 10.2. The first kappa shape index (κ1) is 12.0. The van der Waals surface area contributed by atoms with Crippen LogP contribution in [0.5, 0.6) is 11.5 Å². The Kier molecular flexibility index (Phi) is 3.47. The van der Waals surface area contributed by atoms with Crippen molar-refractivity contribution < 1.29 is 9.47 Å². The number of anilines is 3. The number of nitrogens with one attached hydrogen (secondary N) is 1. The van der Waals surface area contributed by atoms with Gasteiger partial charge >= 0.3 is 0 Å². The molecule has 0 spiro atoms. The number of nitrogens with two attached hydrogens (primary N) is 1. The van der Waals surface area contributed by atoms with Gasteiger partial charge in [0, 0.05) is 11.8 Å². The molecule has 0 bridgehead atoms. The largest absolute Gasteiger partial charge is 0.493 e. The molecule has 0 aliphatic rings. The van der Waals surface area contributed by atoms with Crippen LogP contribution in [0.1, 0.15) is 0 Å². The number of rotatable bonds is 4. The van der Waals surface area contributed by atoms with Gasteiger partial charge < -0.3 is 20.5 Å². The molecule has 0 radical (unpaired) electrons.